The molecule has 0 spiro atoms. The Hall–Kier alpha value is -2.10. The van der Waals surface area contributed by atoms with Gasteiger partial charge in [0.2, 0.25) is 5.82 Å². The number of rotatable bonds is 4. The highest BCUT2D eigenvalue weighted by Crippen LogP contribution is 2.46. The summed E-state index contributed by atoms with van der Waals surface area (Å²) in [5, 5.41) is 3.67. The highest BCUT2D eigenvalue weighted by Gasteiger charge is 2.41. The van der Waals surface area contributed by atoms with E-state index in [9.17, 15) is 0 Å². The van der Waals surface area contributed by atoms with Crippen molar-refractivity contribution in [3.05, 3.63) is 33.5 Å². The summed E-state index contributed by atoms with van der Waals surface area (Å²) in [5.74, 6) is 8.99. The highest BCUT2D eigenvalue weighted by molar-refractivity contribution is 7.16. The lowest BCUT2D eigenvalue weighted by molar-refractivity contribution is 0.566. The molecule has 0 radical (unpaired) electrons. The topological polar surface area (TPSA) is 66.5 Å². The minimum absolute atomic E-state index is 0.483. The van der Waals surface area contributed by atoms with Crippen LogP contribution in [0.25, 0.3) is 11.2 Å². The lowest BCUT2D eigenvalue weighted by atomic mass is 10.1. The fourth-order valence-corrected chi connectivity index (χ4v) is 4.08. The second-order valence-electron chi connectivity index (χ2n) is 6.70. The molecule has 3 heterocycles. The number of H-pyrrole nitrogens is 1. The maximum absolute atomic E-state index is 5.95. The molecule has 5 nitrogen and oxygen atoms in total. The van der Waals surface area contributed by atoms with Gasteiger partial charge in [0.05, 0.1) is 15.5 Å². The Morgan fingerprint density at radius 1 is 1.16 bits per heavy atom. The Kier molecular flexibility index (Phi) is 3.65. The number of halogens is 1. The zero-order valence-corrected chi connectivity index (χ0v) is 15.0. The van der Waals surface area contributed by atoms with Crippen LogP contribution in [0.2, 0.25) is 4.34 Å². The minimum atomic E-state index is 0.483. The smallest absolute Gasteiger partial charge is 0.209 e. The number of fused-ring (bicyclic) bond motifs is 1. The summed E-state index contributed by atoms with van der Waals surface area (Å²) in [6, 6.07) is 4.26. The summed E-state index contributed by atoms with van der Waals surface area (Å²) in [6.07, 6.45) is 6.92. The zero-order chi connectivity index (χ0) is 16.8. The van der Waals surface area contributed by atoms with Crippen molar-refractivity contribution >= 4 is 39.9 Å². The van der Waals surface area contributed by atoms with Crippen LogP contribution in [-0.4, -0.2) is 26.0 Å². The summed E-state index contributed by atoms with van der Waals surface area (Å²) in [4.78, 5) is 17.5. The van der Waals surface area contributed by atoms with Gasteiger partial charge in [0, 0.05) is 6.04 Å². The third-order valence-electron chi connectivity index (χ3n) is 4.72. The maximum Gasteiger partial charge on any atom is 0.209 e. The van der Waals surface area contributed by atoms with Gasteiger partial charge in [0.15, 0.2) is 11.5 Å². The molecule has 2 N–H and O–H groups in total. The maximum atomic E-state index is 5.95. The van der Waals surface area contributed by atoms with E-state index in [0.717, 1.165) is 32.4 Å². The first kappa shape index (κ1) is 15.2. The van der Waals surface area contributed by atoms with Crippen LogP contribution in [0.1, 0.15) is 36.4 Å². The van der Waals surface area contributed by atoms with Crippen LogP contribution in [0.5, 0.6) is 0 Å². The Morgan fingerprint density at radius 2 is 1.96 bits per heavy atom. The van der Waals surface area contributed by atoms with Crippen LogP contribution in [0.3, 0.4) is 0 Å². The number of nitrogens with one attached hydrogen (secondary N) is 2. The lowest BCUT2D eigenvalue weighted by Gasteiger charge is -2.18. The van der Waals surface area contributed by atoms with Crippen molar-refractivity contribution in [2.75, 3.05) is 5.32 Å². The van der Waals surface area contributed by atoms with Crippen LogP contribution in [0.4, 0.5) is 5.82 Å². The van der Waals surface area contributed by atoms with Gasteiger partial charge in [-0.25, -0.2) is 9.97 Å². The first-order chi connectivity index (χ1) is 12.3. The average molecular weight is 370 g/mol. The Morgan fingerprint density at radius 3 is 2.64 bits per heavy atom. The predicted octanol–water partition coefficient (Wildman–Crippen LogP) is 4.07. The molecule has 0 aliphatic heterocycles. The molecule has 25 heavy (non-hydrogen) atoms. The first-order valence-corrected chi connectivity index (χ1v) is 9.71. The van der Waals surface area contributed by atoms with Gasteiger partial charge < -0.3 is 10.3 Å². The van der Waals surface area contributed by atoms with Gasteiger partial charge in [-0.3, -0.25) is 0 Å². The van der Waals surface area contributed by atoms with Crippen LogP contribution in [0.15, 0.2) is 18.5 Å². The second-order valence-corrected chi connectivity index (χ2v) is 8.41. The number of aromatic amines is 1. The number of aromatic nitrogens is 4. The van der Waals surface area contributed by atoms with Crippen LogP contribution in [0, 0.1) is 23.7 Å². The number of anilines is 1. The summed E-state index contributed by atoms with van der Waals surface area (Å²) in [6.45, 7) is 0. The quantitative estimate of drug-likeness (QED) is 0.680. The van der Waals surface area contributed by atoms with Crippen molar-refractivity contribution in [3.63, 3.8) is 0 Å². The van der Waals surface area contributed by atoms with Gasteiger partial charge in [0.25, 0.3) is 0 Å². The van der Waals surface area contributed by atoms with Gasteiger partial charge in [-0.1, -0.05) is 11.6 Å². The van der Waals surface area contributed by atoms with E-state index in [2.05, 4.69) is 37.1 Å². The van der Waals surface area contributed by atoms with Crippen molar-refractivity contribution in [1.82, 2.24) is 19.9 Å². The molecule has 0 bridgehead atoms. The number of nitrogens with zero attached hydrogens (tertiary/aromatic N) is 3. The molecule has 2 aliphatic rings. The van der Waals surface area contributed by atoms with Crippen molar-refractivity contribution in [2.24, 2.45) is 11.8 Å². The molecule has 0 atom stereocenters. The Labute approximate surface area is 154 Å². The van der Waals surface area contributed by atoms with Gasteiger partial charge in [0.1, 0.15) is 5.52 Å². The van der Waals surface area contributed by atoms with E-state index in [1.165, 1.54) is 37.0 Å². The third kappa shape index (κ3) is 3.22. The number of imidazole rings is 1. The number of hydrogen-bond acceptors (Lipinski definition) is 5. The van der Waals surface area contributed by atoms with E-state index in [1.807, 2.05) is 12.1 Å². The van der Waals surface area contributed by atoms with Gasteiger partial charge >= 0.3 is 0 Å². The molecule has 7 heteroatoms. The molecular weight excluding hydrogens is 354 g/mol. The third-order valence-corrected chi connectivity index (χ3v) is 5.87. The monoisotopic (exact) mass is 369 g/mol. The molecular formula is C18H16ClN5S. The molecule has 3 aromatic heterocycles. The van der Waals surface area contributed by atoms with Crippen molar-refractivity contribution in [3.8, 4) is 11.8 Å². The largest absolute Gasteiger partial charge is 0.365 e. The minimum Gasteiger partial charge on any atom is -0.365 e. The predicted molar refractivity (Wildman–Crippen MR) is 99.9 cm³/mol. The average Bonchev–Trinajstić information content (AvgIpc) is 3.53. The number of hydrogen-bond donors (Lipinski definition) is 2. The van der Waals surface area contributed by atoms with Crippen LogP contribution >= 0.6 is 22.9 Å². The highest BCUT2D eigenvalue weighted by atomic mass is 35.5. The van der Waals surface area contributed by atoms with Gasteiger partial charge in [-0.2, -0.15) is 4.98 Å². The second kappa shape index (κ2) is 6.01. The fraction of sp³-hybridized carbons (Fsp3) is 0.389. The summed E-state index contributed by atoms with van der Waals surface area (Å²) >= 11 is 7.40. The van der Waals surface area contributed by atoms with Crippen LogP contribution < -0.4 is 5.32 Å². The molecule has 0 amide bonds. The zero-order valence-electron chi connectivity index (χ0n) is 13.4. The fourth-order valence-electron chi connectivity index (χ4n) is 3.18. The molecule has 2 aliphatic carbocycles. The molecule has 2 saturated carbocycles. The van der Waals surface area contributed by atoms with E-state index in [0.29, 0.717) is 17.5 Å². The van der Waals surface area contributed by atoms with Crippen LogP contribution in [-0.2, 0) is 0 Å². The van der Waals surface area contributed by atoms with E-state index >= 15 is 0 Å². The Balaban J connectivity index is 1.49. The van der Waals surface area contributed by atoms with Gasteiger partial charge in [-0.15, -0.1) is 11.3 Å². The molecule has 3 aromatic rings. The normalized spacial score (nSPS) is 16.9. The van der Waals surface area contributed by atoms with E-state index in [1.54, 1.807) is 6.33 Å². The van der Waals surface area contributed by atoms with E-state index in [4.69, 9.17) is 11.6 Å². The van der Waals surface area contributed by atoms with E-state index in [-0.39, 0.29) is 0 Å². The standard InChI is InChI=1S/C18H16ClN5S/c19-13-7-5-12(25-13)6-8-14-22-17-16(20-9-21-17)18(23-14)24-15(10-1-2-10)11-3-4-11/h5,7,9-11,15H,1-4H2,(H2,20,21,22,23,24). The molecule has 126 valence electrons. The molecule has 0 unspecified atom stereocenters. The van der Waals surface area contributed by atoms with Crippen molar-refractivity contribution in [1.29, 1.82) is 0 Å². The van der Waals surface area contributed by atoms with Gasteiger partial charge in [-0.05, 0) is 61.5 Å². The number of thiophene rings is 1. The van der Waals surface area contributed by atoms with Crippen molar-refractivity contribution < 1.29 is 0 Å². The lowest BCUT2D eigenvalue weighted by Crippen LogP contribution is -2.25. The SMILES string of the molecule is Clc1ccc(C#Cc2nc(NC(C3CC3)C3CC3)c3[nH]cnc3n2)s1. The molecule has 5 rings (SSSR count). The summed E-state index contributed by atoms with van der Waals surface area (Å²) in [5.41, 5.74) is 1.51. The van der Waals surface area contributed by atoms with E-state index < -0.39 is 0 Å². The summed E-state index contributed by atoms with van der Waals surface area (Å²) < 4.78 is 0.729. The first-order valence-electron chi connectivity index (χ1n) is 8.51. The molecule has 2 fully saturated rings. The molecule has 0 aromatic carbocycles. The molecule has 0 saturated heterocycles. The Bertz CT molecular complexity index is 978. The van der Waals surface area contributed by atoms with Crippen molar-refractivity contribution in [2.45, 2.75) is 31.7 Å². The summed E-state index contributed by atoms with van der Waals surface area (Å²) in [7, 11) is 0.